The summed E-state index contributed by atoms with van der Waals surface area (Å²) in [5.74, 6) is -0.252. The fourth-order valence-corrected chi connectivity index (χ4v) is 3.14. The quantitative estimate of drug-likeness (QED) is 0.787. The number of aliphatic hydroxyl groups is 1. The number of aromatic nitrogens is 2. The Morgan fingerprint density at radius 3 is 2.73 bits per heavy atom. The average Bonchev–Trinajstić information content (AvgIpc) is 3.13. The van der Waals surface area contributed by atoms with Gasteiger partial charge in [-0.25, -0.2) is 9.37 Å². The van der Waals surface area contributed by atoms with Crippen LogP contribution in [-0.2, 0) is 12.1 Å². The SMILES string of the molecule is O[C@@]1(c2cccc(-c3ccc(F)cc3)c2)CCn2cncc21. The number of hydrogen-bond donors (Lipinski definition) is 1. The molecular weight excluding hydrogens is 279 g/mol. The van der Waals surface area contributed by atoms with Crippen molar-refractivity contribution in [3.63, 3.8) is 0 Å². The lowest BCUT2D eigenvalue weighted by atomic mass is 9.88. The molecule has 3 aromatic rings. The third-order valence-electron chi connectivity index (χ3n) is 4.37. The minimum Gasteiger partial charge on any atom is -0.379 e. The molecule has 1 N–H and O–H groups in total. The molecule has 0 bridgehead atoms. The van der Waals surface area contributed by atoms with Crippen LogP contribution >= 0.6 is 0 Å². The summed E-state index contributed by atoms with van der Waals surface area (Å²) in [6.07, 6.45) is 4.10. The second-order valence-electron chi connectivity index (χ2n) is 5.67. The maximum absolute atomic E-state index is 13.1. The summed E-state index contributed by atoms with van der Waals surface area (Å²) in [5.41, 5.74) is 2.55. The van der Waals surface area contributed by atoms with E-state index in [0.29, 0.717) is 6.42 Å². The monoisotopic (exact) mass is 294 g/mol. The standard InChI is InChI=1S/C18H15FN2O/c19-16-6-4-13(5-7-16)14-2-1-3-15(10-14)18(22)8-9-21-12-20-11-17(18)21/h1-7,10-12,22H,8-9H2/t18-/m1/s1. The topological polar surface area (TPSA) is 38.0 Å². The Labute approximate surface area is 127 Å². The van der Waals surface area contributed by atoms with E-state index in [4.69, 9.17) is 0 Å². The summed E-state index contributed by atoms with van der Waals surface area (Å²) >= 11 is 0. The molecule has 1 aromatic heterocycles. The smallest absolute Gasteiger partial charge is 0.133 e. The van der Waals surface area contributed by atoms with E-state index in [1.807, 2.05) is 28.8 Å². The number of imidazole rings is 1. The Kier molecular flexibility index (Phi) is 2.87. The van der Waals surface area contributed by atoms with Crippen LogP contribution in [0.15, 0.2) is 61.1 Å². The highest BCUT2D eigenvalue weighted by Crippen LogP contribution is 2.39. The van der Waals surface area contributed by atoms with Crippen LogP contribution in [-0.4, -0.2) is 14.7 Å². The molecule has 0 unspecified atom stereocenters. The van der Waals surface area contributed by atoms with Crippen LogP contribution in [0.2, 0.25) is 0 Å². The summed E-state index contributed by atoms with van der Waals surface area (Å²) in [7, 11) is 0. The van der Waals surface area contributed by atoms with E-state index < -0.39 is 5.60 Å². The van der Waals surface area contributed by atoms with Gasteiger partial charge in [-0.3, -0.25) is 0 Å². The van der Waals surface area contributed by atoms with Gasteiger partial charge in [0, 0.05) is 13.0 Å². The molecule has 0 saturated carbocycles. The van der Waals surface area contributed by atoms with Crippen molar-refractivity contribution in [1.82, 2.24) is 9.55 Å². The van der Waals surface area contributed by atoms with Gasteiger partial charge in [-0.15, -0.1) is 0 Å². The molecule has 0 amide bonds. The van der Waals surface area contributed by atoms with Crippen LogP contribution in [0.4, 0.5) is 4.39 Å². The van der Waals surface area contributed by atoms with Crippen molar-refractivity contribution in [3.05, 3.63) is 78.1 Å². The molecule has 2 aromatic carbocycles. The second kappa shape index (κ2) is 4.78. The van der Waals surface area contributed by atoms with Gasteiger partial charge in [-0.05, 0) is 34.9 Å². The predicted molar refractivity (Wildman–Crippen MR) is 81.7 cm³/mol. The van der Waals surface area contributed by atoms with E-state index in [9.17, 15) is 9.50 Å². The van der Waals surface area contributed by atoms with Crippen LogP contribution in [0.3, 0.4) is 0 Å². The molecule has 4 rings (SSSR count). The fourth-order valence-electron chi connectivity index (χ4n) is 3.14. The Bertz CT molecular complexity index is 825. The van der Waals surface area contributed by atoms with Crippen LogP contribution in [0, 0.1) is 5.82 Å². The molecule has 0 saturated heterocycles. The van der Waals surface area contributed by atoms with Crippen molar-refractivity contribution in [1.29, 1.82) is 0 Å². The maximum Gasteiger partial charge on any atom is 0.133 e. The number of fused-ring (bicyclic) bond motifs is 1. The molecule has 0 spiro atoms. The molecule has 4 heteroatoms. The van der Waals surface area contributed by atoms with Crippen molar-refractivity contribution < 1.29 is 9.50 Å². The normalized spacial score (nSPS) is 20.1. The van der Waals surface area contributed by atoms with Gasteiger partial charge in [0.25, 0.3) is 0 Å². The van der Waals surface area contributed by atoms with Gasteiger partial charge in [0.15, 0.2) is 0 Å². The van der Waals surface area contributed by atoms with E-state index in [-0.39, 0.29) is 5.82 Å². The van der Waals surface area contributed by atoms with Crippen LogP contribution < -0.4 is 0 Å². The highest BCUT2D eigenvalue weighted by atomic mass is 19.1. The van der Waals surface area contributed by atoms with Crippen LogP contribution in [0.1, 0.15) is 17.7 Å². The van der Waals surface area contributed by atoms with Crippen LogP contribution in [0.5, 0.6) is 0 Å². The van der Waals surface area contributed by atoms with E-state index in [1.54, 1.807) is 24.7 Å². The van der Waals surface area contributed by atoms with Gasteiger partial charge in [0.05, 0.1) is 18.2 Å². The molecule has 1 aliphatic heterocycles. The number of aryl methyl sites for hydroxylation is 1. The van der Waals surface area contributed by atoms with Gasteiger partial charge in [-0.1, -0.05) is 30.3 Å². The Morgan fingerprint density at radius 1 is 1.09 bits per heavy atom. The van der Waals surface area contributed by atoms with Gasteiger partial charge in [0.1, 0.15) is 11.4 Å². The van der Waals surface area contributed by atoms with Gasteiger partial charge < -0.3 is 9.67 Å². The van der Waals surface area contributed by atoms with Crippen molar-refractivity contribution >= 4 is 0 Å². The van der Waals surface area contributed by atoms with Crippen LogP contribution in [0.25, 0.3) is 11.1 Å². The number of halogens is 1. The molecule has 0 fully saturated rings. The third kappa shape index (κ3) is 1.96. The Hall–Kier alpha value is -2.46. The zero-order valence-corrected chi connectivity index (χ0v) is 11.9. The zero-order chi connectivity index (χ0) is 15.2. The minimum atomic E-state index is -1.01. The van der Waals surface area contributed by atoms with Gasteiger partial charge in [-0.2, -0.15) is 0 Å². The third-order valence-corrected chi connectivity index (χ3v) is 4.37. The molecule has 2 heterocycles. The van der Waals surface area contributed by atoms with Gasteiger partial charge >= 0.3 is 0 Å². The summed E-state index contributed by atoms with van der Waals surface area (Å²) in [6, 6.07) is 14.2. The van der Waals surface area contributed by atoms with Crippen molar-refractivity contribution in [2.45, 2.75) is 18.6 Å². The minimum absolute atomic E-state index is 0.252. The Morgan fingerprint density at radius 2 is 1.91 bits per heavy atom. The first-order chi connectivity index (χ1) is 10.7. The highest BCUT2D eigenvalue weighted by Gasteiger charge is 2.39. The molecule has 110 valence electrons. The number of nitrogens with zero attached hydrogens (tertiary/aromatic N) is 2. The summed E-state index contributed by atoms with van der Waals surface area (Å²) in [6.45, 7) is 0.757. The maximum atomic E-state index is 13.1. The molecule has 1 atom stereocenters. The zero-order valence-electron chi connectivity index (χ0n) is 11.9. The number of benzene rings is 2. The number of rotatable bonds is 2. The molecule has 22 heavy (non-hydrogen) atoms. The fraction of sp³-hybridized carbons (Fsp3) is 0.167. The van der Waals surface area contributed by atoms with E-state index in [0.717, 1.165) is 28.9 Å². The average molecular weight is 294 g/mol. The summed E-state index contributed by atoms with van der Waals surface area (Å²) in [4.78, 5) is 4.12. The number of hydrogen-bond acceptors (Lipinski definition) is 2. The first-order valence-electron chi connectivity index (χ1n) is 7.26. The highest BCUT2D eigenvalue weighted by molar-refractivity contribution is 5.64. The first-order valence-corrected chi connectivity index (χ1v) is 7.26. The molecular formula is C18H15FN2O. The van der Waals surface area contributed by atoms with E-state index in [1.165, 1.54) is 12.1 Å². The molecule has 0 radical (unpaired) electrons. The van der Waals surface area contributed by atoms with Crippen molar-refractivity contribution in [2.75, 3.05) is 0 Å². The molecule has 0 aliphatic carbocycles. The summed E-state index contributed by atoms with van der Waals surface area (Å²) < 4.78 is 15.0. The Balaban J connectivity index is 1.78. The van der Waals surface area contributed by atoms with Crippen molar-refractivity contribution in [2.24, 2.45) is 0 Å². The largest absolute Gasteiger partial charge is 0.379 e. The van der Waals surface area contributed by atoms with E-state index >= 15 is 0 Å². The van der Waals surface area contributed by atoms with Gasteiger partial charge in [0.2, 0.25) is 0 Å². The molecule has 3 nitrogen and oxygen atoms in total. The summed E-state index contributed by atoms with van der Waals surface area (Å²) in [5, 5.41) is 11.1. The second-order valence-corrected chi connectivity index (χ2v) is 5.67. The van der Waals surface area contributed by atoms with Crippen molar-refractivity contribution in [3.8, 4) is 11.1 Å². The first kappa shape index (κ1) is 13.2. The lowest BCUT2D eigenvalue weighted by Gasteiger charge is -2.23. The van der Waals surface area contributed by atoms with E-state index in [2.05, 4.69) is 4.98 Å². The molecule has 1 aliphatic rings. The predicted octanol–water partition coefficient (Wildman–Crippen LogP) is 3.33. The lowest BCUT2D eigenvalue weighted by molar-refractivity contribution is 0.0826. The lowest BCUT2D eigenvalue weighted by Crippen LogP contribution is -2.23.